The Morgan fingerprint density at radius 2 is 1.87 bits per heavy atom. The third-order valence-corrected chi connectivity index (χ3v) is 6.66. The van der Waals surface area contributed by atoms with E-state index in [0.29, 0.717) is 6.42 Å². The molecule has 0 aliphatic heterocycles. The van der Waals surface area contributed by atoms with Crippen LogP contribution < -0.4 is 14.8 Å². The average molecular weight is 418 g/mol. The van der Waals surface area contributed by atoms with Crippen LogP contribution in [0.4, 0.5) is 11.5 Å². The summed E-state index contributed by atoms with van der Waals surface area (Å²) in [5, 5.41) is 4.68. The van der Waals surface area contributed by atoms with Gasteiger partial charge in [0, 0.05) is 17.4 Å². The first-order chi connectivity index (χ1) is 14.7. The molecule has 0 saturated carbocycles. The van der Waals surface area contributed by atoms with Gasteiger partial charge in [0.1, 0.15) is 28.0 Å². The Balaban J connectivity index is 1.62. The number of hydrogen-bond donors (Lipinski definition) is 1. The molecule has 0 bridgehead atoms. The first-order valence-electron chi connectivity index (χ1n) is 10.1. The monoisotopic (exact) mass is 417 g/mol. The lowest BCUT2D eigenvalue weighted by Gasteiger charge is -2.14. The van der Waals surface area contributed by atoms with Crippen LogP contribution in [0.2, 0.25) is 0 Å². The Labute approximate surface area is 179 Å². The molecule has 0 unspecified atom stereocenters. The van der Waals surface area contributed by atoms with E-state index in [1.54, 1.807) is 25.6 Å². The molecule has 2 aromatic carbocycles. The number of anilines is 2. The molecule has 0 atom stereocenters. The molecule has 2 aromatic heterocycles. The zero-order chi connectivity index (χ0) is 20.5. The molecular formula is C24H23N3O2S. The van der Waals surface area contributed by atoms with Gasteiger partial charge in [-0.2, -0.15) is 0 Å². The van der Waals surface area contributed by atoms with Crippen molar-refractivity contribution >= 4 is 33.1 Å². The van der Waals surface area contributed by atoms with E-state index in [2.05, 4.69) is 17.4 Å². The molecule has 1 N–H and O–H groups in total. The fourth-order valence-electron chi connectivity index (χ4n) is 4.03. The second-order valence-corrected chi connectivity index (χ2v) is 8.46. The molecule has 0 fully saturated rings. The molecule has 152 valence electrons. The number of nitrogens with zero attached hydrogens (tertiary/aromatic N) is 2. The summed E-state index contributed by atoms with van der Waals surface area (Å²) in [5.41, 5.74) is 3.43. The number of aromatic nitrogens is 2. The van der Waals surface area contributed by atoms with Crippen LogP contribution in [0.5, 0.6) is 11.5 Å². The van der Waals surface area contributed by atoms with Gasteiger partial charge in [0.05, 0.1) is 25.3 Å². The average Bonchev–Trinajstić information content (AvgIpc) is 3.35. The summed E-state index contributed by atoms with van der Waals surface area (Å²) in [6, 6.07) is 16.1. The molecule has 5 nitrogen and oxygen atoms in total. The zero-order valence-electron chi connectivity index (χ0n) is 17.1. The highest BCUT2D eigenvalue weighted by Crippen LogP contribution is 2.41. The maximum Gasteiger partial charge on any atom is 0.143 e. The summed E-state index contributed by atoms with van der Waals surface area (Å²) in [6.07, 6.45) is 4.11. The summed E-state index contributed by atoms with van der Waals surface area (Å²) in [5.74, 6) is 3.18. The Morgan fingerprint density at radius 3 is 2.67 bits per heavy atom. The topological polar surface area (TPSA) is 56.3 Å². The van der Waals surface area contributed by atoms with E-state index in [-0.39, 0.29) is 0 Å². The molecule has 5 rings (SSSR count). The maximum atomic E-state index is 5.57. The largest absolute Gasteiger partial charge is 0.497 e. The lowest BCUT2D eigenvalue weighted by atomic mass is 10.1. The highest BCUT2D eigenvalue weighted by molar-refractivity contribution is 7.19. The van der Waals surface area contributed by atoms with E-state index in [1.165, 1.54) is 22.4 Å². The predicted octanol–water partition coefficient (Wildman–Crippen LogP) is 5.53. The van der Waals surface area contributed by atoms with Crippen molar-refractivity contribution in [3.05, 3.63) is 70.4 Å². The van der Waals surface area contributed by atoms with Gasteiger partial charge in [-0.3, -0.25) is 0 Å². The number of methoxy groups -OCH3 is 2. The van der Waals surface area contributed by atoms with Crippen molar-refractivity contribution in [3.63, 3.8) is 0 Å². The minimum absolute atomic E-state index is 0.698. The molecule has 0 amide bonds. The summed E-state index contributed by atoms with van der Waals surface area (Å²) in [4.78, 5) is 12.4. The summed E-state index contributed by atoms with van der Waals surface area (Å²) in [7, 11) is 3.34. The van der Waals surface area contributed by atoms with Crippen molar-refractivity contribution in [1.82, 2.24) is 9.97 Å². The van der Waals surface area contributed by atoms with Crippen molar-refractivity contribution in [3.8, 4) is 11.5 Å². The second kappa shape index (κ2) is 7.95. The number of thiophene rings is 1. The molecule has 30 heavy (non-hydrogen) atoms. The molecular weight excluding hydrogens is 394 g/mol. The van der Waals surface area contributed by atoms with Crippen molar-refractivity contribution < 1.29 is 9.47 Å². The van der Waals surface area contributed by atoms with Crippen LogP contribution in [-0.4, -0.2) is 24.2 Å². The van der Waals surface area contributed by atoms with Crippen molar-refractivity contribution in [2.75, 3.05) is 19.5 Å². The molecule has 0 radical (unpaired) electrons. The third-order valence-electron chi connectivity index (χ3n) is 5.48. The summed E-state index contributed by atoms with van der Waals surface area (Å²) in [6.45, 7) is 0. The van der Waals surface area contributed by atoms with Crippen LogP contribution in [0.3, 0.4) is 0 Å². The van der Waals surface area contributed by atoms with E-state index in [1.807, 2.05) is 36.4 Å². The number of benzene rings is 2. The molecule has 1 aliphatic carbocycles. The van der Waals surface area contributed by atoms with Crippen LogP contribution in [0.15, 0.2) is 48.5 Å². The fraction of sp³-hybridized carbons (Fsp3) is 0.250. The molecule has 0 saturated heterocycles. The number of fused-ring (bicyclic) bond motifs is 3. The van der Waals surface area contributed by atoms with Gasteiger partial charge in [0.25, 0.3) is 0 Å². The summed E-state index contributed by atoms with van der Waals surface area (Å²) < 4.78 is 11.0. The Hall–Kier alpha value is -3.12. The van der Waals surface area contributed by atoms with Crippen LogP contribution >= 0.6 is 11.3 Å². The minimum Gasteiger partial charge on any atom is -0.497 e. The Morgan fingerprint density at radius 1 is 1.00 bits per heavy atom. The number of nitrogens with one attached hydrogen (secondary N) is 1. The summed E-state index contributed by atoms with van der Waals surface area (Å²) >= 11 is 1.81. The highest BCUT2D eigenvalue weighted by Gasteiger charge is 2.23. The quantitative estimate of drug-likeness (QED) is 0.447. The van der Waals surface area contributed by atoms with Gasteiger partial charge in [-0.15, -0.1) is 11.3 Å². The molecule has 6 heteroatoms. The fourth-order valence-corrected chi connectivity index (χ4v) is 5.31. The van der Waals surface area contributed by atoms with Crippen LogP contribution in [0.1, 0.15) is 28.2 Å². The maximum absolute atomic E-state index is 5.57. The zero-order valence-corrected chi connectivity index (χ0v) is 17.9. The van der Waals surface area contributed by atoms with Crippen molar-refractivity contribution in [1.29, 1.82) is 0 Å². The number of rotatable bonds is 6. The lowest BCUT2D eigenvalue weighted by molar-refractivity contribution is 0.405. The standard InChI is InChI=1S/C24H23N3O2S/c1-28-16-11-12-19(29-2)18(14-16)25-23-22-17-9-6-10-20(17)30-24(22)27-21(26-23)13-15-7-4-3-5-8-15/h3-5,7-8,11-12,14H,6,9-10,13H2,1-2H3,(H,25,26,27). The Bertz CT molecular complexity index is 1200. The number of aryl methyl sites for hydroxylation is 2. The van der Waals surface area contributed by atoms with Gasteiger partial charge >= 0.3 is 0 Å². The number of ether oxygens (including phenoxy) is 2. The van der Waals surface area contributed by atoms with Crippen LogP contribution in [-0.2, 0) is 19.3 Å². The van der Waals surface area contributed by atoms with Crippen LogP contribution in [0, 0.1) is 0 Å². The van der Waals surface area contributed by atoms with E-state index >= 15 is 0 Å². The lowest BCUT2D eigenvalue weighted by Crippen LogP contribution is -2.03. The van der Waals surface area contributed by atoms with E-state index in [0.717, 1.165) is 51.9 Å². The van der Waals surface area contributed by atoms with Crippen molar-refractivity contribution in [2.24, 2.45) is 0 Å². The van der Waals surface area contributed by atoms with Crippen LogP contribution in [0.25, 0.3) is 10.2 Å². The van der Waals surface area contributed by atoms with Gasteiger partial charge in [-0.1, -0.05) is 30.3 Å². The molecule has 4 aromatic rings. The van der Waals surface area contributed by atoms with Gasteiger partial charge in [0.2, 0.25) is 0 Å². The molecule has 1 aliphatic rings. The first kappa shape index (κ1) is 18.9. The van der Waals surface area contributed by atoms with Gasteiger partial charge in [0.15, 0.2) is 0 Å². The van der Waals surface area contributed by atoms with E-state index in [9.17, 15) is 0 Å². The van der Waals surface area contributed by atoms with E-state index in [4.69, 9.17) is 19.4 Å². The highest BCUT2D eigenvalue weighted by atomic mass is 32.1. The van der Waals surface area contributed by atoms with Gasteiger partial charge in [-0.05, 0) is 42.5 Å². The van der Waals surface area contributed by atoms with Crippen molar-refractivity contribution in [2.45, 2.75) is 25.7 Å². The Kier molecular flexibility index (Phi) is 5.01. The van der Waals surface area contributed by atoms with Gasteiger partial charge in [-0.25, -0.2) is 9.97 Å². The minimum atomic E-state index is 0.698. The number of hydrogen-bond acceptors (Lipinski definition) is 6. The predicted molar refractivity (Wildman–Crippen MR) is 122 cm³/mol. The van der Waals surface area contributed by atoms with Gasteiger partial charge < -0.3 is 14.8 Å². The first-order valence-corrected chi connectivity index (χ1v) is 10.9. The SMILES string of the molecule is COc1ccc(OC)c(Nc2nc(Cc3ccccc3)nc3sc4c(c23)CCC4)c1. The molecule has 0 spiro atoms. The normalized spacial score (nSPS) is 12.7. The molecule has 2 heterocycles. The second-order valence-electron chi connectivity index (χ2n) is 7.38. The smallest absolute Gasteiger partial charge is 0.143 e. The van der Waals surface area contributed by atoms with E-state index < -0.39 is 0 Å². The third kappa shape index (κ3) is 3.48.